The lowest BCUT2D eigenvalue weighted by Crippen LogP contribution is -2.34. The highest BCUT2D eigenvalue weighted by Crippen LogP contribution is 2.24. The molecule has 1 aliphatic carbocycles. The third kappa shape index (κ3) is 4.98. The first-order valence-electron chi connectivity index (χ1n) is 11.9. The smallest absolute Gasteiger partial charge is 0.253 e. The minimum absolute atomic E-state index is 0.0100. The highest BCUT2D eigenvalue weighted by molar-refractivity contribution is 6.05. The van der Waals surface area contributed by atoms with Crippen molar-refractivity contribution in [3.63, 3.8) is 0 Å². The normalized spacial score (nSPS) is 14.8. The molecule has 1 saturated carbocycles. The molecule has 1 aliphatic rings. The molecule has 4 aromatic rings. The number of oxazole rings is 1. The lowest BCUT2D eigenvalue weighted by atomic mass is 9.98. The number of hydrogen-bond acceptors (Lipinski definition) is 4. The molecule has 5 nitrogen and oxygen atoms in total. The van der Waals surface area contributed by atoms with Crippen LogP contribution in [-0.4, -0.2) is 21.9 Å². The van der Waals surface area contributed by atoms with Gasteiger partial charge in [0, 0.05) is 30.1 Å². The summed E-state index contributed by atoms with van der Waals surface area (Å²) in [6, 6.07) is 16.7. The van der Waals surface area contributed by atoms with Crippen LogP contribution in [0.2, 0.25) is 0 Å². The van der Waals surface area contributed by atoms with E-state index < -0.39 is 0 Å². The van der Waals surface area contributed by atoms with E-state index in [-0.39, 0.29) is 11.9 Å². The van der Waals surface area contributed by atoms with Crippen molar-refractivity contribution < 1.29 is 9.21 Å². The maximum atomic E-state index is 13.3. The van der Waals surface area contributed by atoms with Gasteiger partial charge >= 0.3 is 0 Å². The van der Waals surface area contributed by atoms with Gasteiger partial charge in [-0.25, -0.2) is 4.98 Å². The Morgan fingerprint density at radius 1 is 1.03 bits per heavy atom. The van der Waals surface area contributed by atoms with Crippen molar-refractivity contribution in [3.05, 3.63) is 83.6 Å². The lowest BCUT2D eigenvalue weighted by Gasteiger charge is -2.17. The number of carbonyl (C=O) groups excluding carboxylic acids is 1. The monoisotopic (exact) mass is 439 g/mol. The molecule has 0 unspecified atom stereocenters. The van der Waals surface area contributed by atoms with E-state index >= 15 is 0 Å². The average molecular weight is 440 g/mol. The Labute approximate surface area is 194 Å². The van der Waals surface area contributed by atoms with Crippen molar-refractivity contribution in [2.24, 2.45) is 0 Å². The van der Waals surface area contributed by atoms with Gasteiger partial charge in [-0.3, -0.25) is 9.78 Å². The van der Waals surface area contributed by atoms with Gasteiger partial charge < -0.3 is 9.73 Å². The van der Waals surface area contributed by atoms with E-state index in [4.69, 9.17) is 4.42 Å². The highest BCUT2D eigenvalue weighted by atomic mass is 16.3. The molecule has 1 amide bonds. The van der Waals surface area contributed by atoms with E-state index in [1.165, 1.54) is 31.2 Å². The molecule has 5 rings (SSSR count). The number of benzene rings is 2. The number of pyridine rings is 1. The van der Waals surface area contributed by atoms with Gasteiger partial charge in [0.1, 0.15) is 12.0 Å². The first-order chi connectivity index (χ1) is 16.2. The molecule has 2 aromatic heterocycles. The summed E-state index contributed by atoms with van der Waals surface area (Å²) in [4.78, 5) is 22.2. The van der Waals surface area contributed by atoms with Crippen LogP contribution < -0.4 is 5.32 Å². The Kier molecular flexibility index (Phi) is 6.20. The predicted molar refractivity (Wildman–Crippen MR) is 130 cm³/mol. The van der Waals surface area contributed by atoms with Crippen molar-refractivity contribution in [2.75, 3.05) is 0 Å². The average Bonchev–Trinajstić information content (AvgIpc) is 3.10. The first kappa shape index (κ1) is 21.4. The fourth-order valence-corrected chi connectivity index (χ4v) is 4.74. The SMILES string of the molecule is Cc1nc(-c2ccc(Cc3cc(C(=O)NC4CCCCCC4)c4ncccc4c3)cc2)co1. The van der Waals surface area contributed by atoms with Gasteiger partial charge in [-0.15, -0.1) is 0 Å². The van der Waals surface area contributed by atoms with Crippen molar-refractivity contribution in [1.82, 2.24) is 15.3 Å². The highest BCUT2D eigenvalue weighted by Gasteiger charge is 2.19. The molecule has 168 valence electrons. The van der Waals surface area contributed by atoms with Crippen molar-refractivity contribution in [1.29, 1.82) is 0 Å². The summed E-state index contributed by atoms with van der Waals surface area (Å²) in [5.74, 6) is 0.651. The number of fused-ring (bicyclic) bond motifs is 1. The van der Waals surface area contributed by atoms with Crippen LogP contribution in [0.5, 0.6) is 0 Å². The van der Waals surface area contributed by atoms with Crippen LogP contribution in [0.15, 0.2) is 65.4 Å². The second-order valence-electron chi connectivity index (χ2n) is 9.01. The molecule has 0 bridgehead atoms. The van der Waals surface area contributed by atoms with Gasteiger partial charge in [0.15, 0.2) is 5.89 Å². The predicted octanol–water partition coefficient (Wildman–Crippen LogP) is 6.24. The second-order valence-corrected chi connectivity index (χ2v) is 9.01. The molecule has 33 heavy (non-hydrogen) atoms. The van der Waals surface area contributed by atoms with E-state index in [1.807, 2.05) is 25.1 Å². The molecule has 2 aromatic carbocycles. The van der Waals surface area contributed by atoms with Crippen LogP contribution in [0.25, 0.3) is 22.2 Å². The molecule has 0 atom stereocenters. The second kappa shape index (κ2) is 9.57. The van der Waals surface area contributed by atoms with Gasteiger partial charge in [-0.05, 0) is 48.6 Å². The molecule has 0 spiro atoms. The van der Waals surface area contributed by atoms with Crippen molar-refractivity contribution in [3.8, 4) is 11.3 Å². The standard InChI is InChI=1S/C28H29N3O2/c1-19-30-26(18-33-19)22-12-10-20(11-13-22)15-21-16-23-7-6-14-29-27(23)25(17-21)28(32)31-24-8-4-2-3-5-9-24/h6-7,10-14,16-18,24H,2-5,8-9,15H2,1H3,(H,31,32). The van der Waals surface area contributed by atoms with Gasteiger partial charge in [-0.1, -0.05) is 56.0 Å². The first-order valence-corrected chi connectivity index (χ1v) is 11.9. The summed E-state index contributed by atoms with van der Waals surface area (Å²) >= 11 is 0. The molecule has 5 heteroatoms. The summed E-state index contributed by atoms with van der Waals surface area (Å²) in [6.45, 7) is 1.84. The van der Waals surface area contributed by atoms with Crippen molar-refractivity contribution in [2.45, 2.75) is 57.9 Å². The molecule has 1 fully saturated rings. The summed E-state index contributed by atoms with van der Waals surface area (Å²) < 4.78 is 5.33. The van der Waals surface area contributed by atoms with Crippen molar-refractivity contribution >= 4 is 16.8 Å². The number of amides is 1. The molecule has 0 saturated heterocycles. The minimum Gasteiger partial charge on any atom is -0.449 e. The van der Waals surface area contributed by atoms with Gasteiger partial charge in [0.25, 0.3) is 5.91 Å². The Balaban J connectivity index is 1.40. The van der Waals surface area contributed by atoms with E-state index in [1.54, 1.807) is 12.5 Å². The molecular weight excluding hydrogens is 410 g/mol. The Bertz CT molecular complexity index is 1250. The fraction of sp³-hybridized carbons (Fsp3) is 0.321. The Hall–Kier alpha value is -3.47. The third-order valence-corrected chi connectivity index (χ3v) is 6.48. The lowest BCUT2D eigenvalue weighted by molar-refractivity contribution is 0.0935. The van der Waals surface area contributed by atoms with Crippen LogP contribution in [0.1, 0.15) is 65.9 Å². The van der Waals surface area contributed by atoms with Crippen LogP contribution >= 0.6 is 0 Å². The molecular formula is C28H29N3O2. The summed E-state index contributed by atoms with van der Waals surface area (Å²) in [5, 5.41) is 4.29. The van der Waals surface area contributed by atoms with Gasteiger partial charge in [0.05, 0.1) is 11.1 Å². The number of aromatic nitrogens is 2. The minimum atomic E-state index is -0.0100. The van der Waals surface area contributed by atoms with Crippen LogP contribution in [0.4, 0.5) is 0 Å². The molecule has 2 heterocycles. The number of nitrogens with zero attached hydrogens (tertiary/aromatic N) is 2. The number of aryl methyl sites for hydroxylation is 1. The van der Waals surface area contributed by atoms with E-state index in [9.17, 15) is 4.79 Å². The Morgan fingerprint density at radius 2 is 1.82 bits per heavy atom. The van der Waals surface area contributed by atoms with Crippen LogP contribution in [-0.2, 0) is 6.42 Å². The number of carbonyl (C=O) groups is 1. The van der Waals surface area contributed by atoms with E-state index in [0.717, 1.165) is 47.0 Å². The molecule has 1 N–H and O–H groups in total. The third-order valence-electron chi connectivity index (χ3n) is 6.48. The quantitative estimate of drug-likeness (QED) is 0.374. The Morgan fingerprint density at radius 3 is 2.55 bits per heavy atom. The van der Waals surface area contributed by atoms with Crippen LogP contribution in [0.3, 0.4) is 0 Å². The van der Waals surface area contributed by atoms with Gasteiger partial charge in [-0.2, -0.15) is 0 Å². The molecule has 0 aliphatic heterocycles. The fourth-order valence-electron chi connectivity index (χ4n) is 4.74. The van der Waals surface area contributed by atoms with E-state index in [2.05, 4.69) is 45.6 Å². The van der Waals surface area contributed by atoms with Crippen LogP contribution in [0, 0.1) is 6.92 Å². The summed E-state index contributed by atoms with van der Waals surface area (Å²) in [6.07, 6.45) is 11.2. The maximum Gasteiger partial charge on any atom is 0.253 e. The van der Waals surface area contributed by atoms with Gasteiger partial charge in [0.2, 0.25) is 0 Å². The molecule has 0 radical (unpaired) electrons. The largest absolute Gasteiger partial charge is 0.449 e. The summed E-state index contributed by atoms with van der Waals surface area (Å²) in [7, 11) is 0. The zero-order valence-electron chi connectivity index (χ0n) is 19.0. The topological polar surface area (TPSA) is 68.0 Å². The number of hydrogen-bond donors (Lipinski definition) is 1. The zero-order valence-corrected chi connectivity index (χ0v) is 19.0. The number of rotatable bonds is 5. The zero-order chi connectivity index (χ0) is 22.6. The maximum absolute atomic E-state index is 13.3. The number of nitrogens with one attached hydrogen (secondary N) is 1. The summed E-state index contributed by atoms with van der Waals surface area (Å²) in [5.41, 5.74) is 5.59. The van der Waals surface area contributed by atoms with E-state index in [0.29, 0.717) is 11.5 Å².